The number of hydrogen-bond donors (Lipinski definition) is 2. The monoisotopic (exact) mass is 193 g/mol. The first-order chi connectivity index (χ1) is 6.64. The van der Waals surface area contributed by atoms with Gasteiger partial charge in [0, 0.05) is 5.54 Å². The molecule has 0 unspecified atom stereocenters. The van der Waals surface area contributed by atoms with E-state index in [4.69, 9.17) is 10.5 Å². The lowest BCUT2D eigenvalue weighted by molar-refractivity contribution is 0.0209. The summed E-state index contributed by atoms with van der Waals surface area (Å²) >= 11 is 0. The molecule has 1 fully saturated rings. The molecule has 0 amide bonds. The van der Waals surface area contributed by atoms with Gasteiger partial charge < -0.3 is 15.6 Å². The molecule has 1 aliphatic rings. The van der Waals surface area contributed by atoms with Crippen molar-refractivity contribution in [3.63, 3.8) is 0 Å². The Balaban J connectivity index is 2.17. The third kappa shape index (κ3) is 1.49. The van der Waals surface area contributed by atoms with Crippen LogP contribution in [0.4, 0.5) is 0 Å². The average Bonchev–Trinajstić information content (AvgIpc) is 2.16. The van der Waals surface area contributed by atoms with Crippen molar-refractivity contribution in [1.29, 1.82) is 0 Å². The van der Waals surface area contributed by atoms with Crippen LogP contribution in [0.3, 0.4) is 0 Å². The van der Waals surface area contributed by atoms with Crippen LogP contribution in [-0.2, 0) is 5.54 Å². The molecule has 0 saturated heterocycles. The minimum absolute atomic E-state index is 0.234. The van der Waals surface area contributed by atoms with Crippen molar-refractivity contribution in [2.24, 2.45) is 5.73 Å². The van der Waals surface area contributed by atoms with E-state index in [1.807, 2.05) is 24.3 Å². The Labute approximate surface area is 83.5 Å². The molecule has 14 heavy (non-hydrogen) atoms. The van der Waals surface area contributed by atoms with E-state index in [-0.39, 0.29) is 11.6 Å². The lowest BCUT2D eigenvalue weighted by Crippen LogP contribution is -2.51. The van der Waals surface area contributed by atoms with Gasteiger partial charge in [-0.1, -0.05) is 12.1 Å². The van der Waals surface area contributed by atoms with Gasteiger partial charge in [-0.05, 0) is 30.5 Å². The molecule has 0 aliphatic heterocycles. The van der Waals surface area contributed by atoms with E-state index in [9.17, 15) is 5.11 Å². The number of ether oxygens (including phenoxy) is 1. The molecule has 0 atom stereocenters. The van der Waals surface area contributed by atoms with Gasteiger partial charge in [-0.25, -0.2) is 0 Å². The molecule has 0 heterocycles. The van der Waals surface area contributed by atoms with Crippen LogP contribution in [0, 0.1) is 0 Å². The molecule has 0 spiro atoms. The molecule has 0 radical (unpaired) electrons. The van der Waals surface area contributed by atoms with Crippen LogP contribution in [0.5, 0.6) is 5.75 Å². The Morgan fingerprint density at radius 2 is 1.93 bits per heavy atom. The Bertz CT molecular complexity index is 315. The van der Waals surface area contributed by atoms with Gasteiger partial charge in [0.1, 0.15) is 5.75 Å². The maximum atomic E-state index is 9.24. The van der Waals surface area contributed by atoms with Crippen LogP contribution in [0.25, 0.3) is 0 Å². The van der Waals surface area contributed by atoms with Crippen LogP contribution in [-0.4, -0.2) is 18.3 Å². The standard InChI is InChI=1S/C11H15NO2/c1-14-10-4-2-8(3-5-10)11(12)6-9(13)7-11/h2-5,9,13H,6-7,12H2,1H3. The smallest absolute Gasteiger partial charge is 0.118 e. The minimum Gasteiger partial charge on any atom is -0.497 e. The van der Waals surface area contributed by atoms with Crippen molar-refractivity contribution in [2.75, 3.05) is 7.11 Å². The number of methoxy groups -OCH3 is 1. The summed E-state index contributed by atoms with van der Waals surface area (Å²) in [5.74, 6) is 0.831. The van der Waals surface area contributed by atoms with E-state index >= 15 is 0 Å². The fourth-order valence-corrected chi connectivity index (χ4v) is 1.94. The predicted octanol–water partition coefficient (Wildman–Crippen LogP) is 1.00. The molecule has 1 aromatic rings. The average molecular weight is 193 g/mol. The van der Waals surface area contributed by atoms with E-state index in [0.29, 0.717) is 12.8 Å². The summed E-state index contributed by atoms with van der Waals surface area (Å²) in [6.07, 6.45) is 1.07. The van der Waals surface area contributed by atoms with Gasteiger partial charge in [0.2, 0.25) is 0 Å². The summed E-state index contributed by atoms with van der Waals surface area (Å²) in [5.41, 5.74) is 6.85. The molecule has 76 valence electrons. The van der Waals surface area contributed by atoms with Crippen molar-refractivity contribution in [3.05, 3.63) is 29.8 Å². The van der Waals surface area contributed by atoms with Gasteiger partial charge in [-0.2, -0.15) is 0 Å². The third-order valence-corrected chi connectivity index (χ3v) is 2.86. The van der Waals surface area contributed by atoms with Crippen LogP contribution in [0.1, 0.15) is 18.4 Å². The van der Waals surface area contributed by atoms with Gasteiger partial charge in [-0.3, -0.25) is 0 Å². The Kier molecular flexibility index (Phi) is 2.21. The molecule has 3 N–H and O–H groups in total. The van der Waals surface area contributed by atoms with Gasteiger partial charge >= 0.3 is 0 Å². The highest BCUT2D eigenvalue weighted by Gasteiger charge is 2.41. The van der Waals surface area contributed by atoms with Crippen molar-refractivity contribution in [3.8, 4) is 5.75 Å². The summed E-state index contributed by atoms with van der Waals surface area (Å²) in [6, 6.07) is 7.72. The fourth-order valence-electron chi connectivity index (χ4n) is 1.94. The number of nitrogens with two attached hydrogens (primary N) is 1. The molecule has 1 aromatic carbocycles. The van der Waals surface area contributed by atoms with Crippen LogP contribution in [0.15, 0.2) is 24.3 Å². The molecule has 1 saturated carbocycles. The summed E-state index contributed by atoms with van der Waals surface area (Å²) < 4.78 is 5.06. The highest BCUT2D eigenvalue weighted by atomic mass is 16.5. The molecular weight excluding hydrogens is 178 g/mol. The van der Waals surface area contributed by atoms with Crippen molar-refractivity contribution in [2.45, 2.75) is 24.5 Å². The molecule has 3 nitrogen and oxygen atoms in total. The first-order valence-electron chi connectivity index (χ1n) is 4.75. The van der Waals surface area contributed by atoms with Gasteiger partial charge in [0.05, 0.1) is 13.2 Å². The molecule has 0 bridgehead atoms. The third-order valence-electron chi connectivity index (χ3n) is 2.86. The lowest BCUT2D eigenvalue weighted by atomic mass is 9.71. The maximum absolute atomic E-state index is 9.24. The number of hydrogen-bond acceptors (Lipinski definition) is 3. The molecule has 3 heteroatoms. The quantitative estimate of drug-likeness (QED) is 0.736. The number of aliphatic hydroxyl groups excluding tert-OH is 1. The largest absolute Gasteiger partial charge is 0.497 e. The molecule has 1 aliphatic carbocycles. The van der Waals surface area contributed by atoms with E-state index in [0.717, 1.165) is 11.3 Å². The van der Waals surface area contributed by atoms with E-state index in [2.05, 4.69) is 0 Å². The summed E-state index contributed by atoms with van der Waals surface area (Å²) in [5, 5.41) is 9.24. The van der Waals surface area contributed by atoms with Gasteiger partial charge in [-0.15, -0.1) is 0 Å². The van der Waals surface area contributed by atoms with E-state index in [1.54, 1.807) is 7.11 Å². The zero-order chi connectivity index (χ0) is 10.2. The normalized spacial score (nSPS) is 30.9. The second-order valence-corrected chi connectivity index (χ2v) is 3.95. The number of aliphatic hydroxyl groups is 1. The molecule has 2 rings (SSSR count). The first kappa shape index (κ1) is 9.49. The zero-order valence-corrected chi connectivity index (χ0v) is 8.23. The Morgan fingerprint density at radius 1 is 1.36 bits per heavy atom. The molecule has 0 aromatic heterocycles. The predicted molar refractivity (Wildman–Crippen MR) is 54.1 cm³/mol. The SMILES string of the molecule is COc1ccc(C2(N)CC(O)C2)cc1. The van der Waals surface area contributed by atoms with Crippen LogP contribution in [0.2, 0.25) is 0 Å². The van der Waals surface area contributed by atoms with Crippen molar-refractivity contribution >= 4 is 0 Å². The summed E-state index contributed by atoms with van der Waals surface area (Å²) in [4.78, 5) is 0. The lowest BCUT2D eigenvalue weighted by Gasteiger charge is -2.42. The highest BCUT2D eigenvalue weighted by Crippen LogP contribution is 2.39. The molecular formula is C11H15NO2. The topological polar surface area (TPSA) is 55.5 Å². The maximum Gasteiger partial charge on any atom is 0.118 e. The van der Waals surface area contributed by atoms with Crippen molar-refractivity contribution in [1.82, 2.24) is 0 Å². The zero-order valence-electron chi connectivity index (χ0n) is 8.23. The van der Waals surface area contributed by atoms with Gasteiger partial charge in [0.15, 0.2) is 0 Å². The number of benzene rings is 1. The minimum atomic E-state index is -0.328. The fraction of sp³-hybridized carbons (Fsp3) is 0.455. The Morgan fingerprint density at radius 3 is 2.36 bits per heavy atom. The van der Waals surface area contributed by atoms with Crippen LogP contribution < -0.4 is 10.5 Å². The first-order valence-corrected chi connectivity index (χ1v) is 4.75. The van der Waals surface area contributed by atoms with E-state index < -0.39 is 0 Å². The second kappa shape index (κ2) is 3.26. The van der Waals surface area contributed by atoms with Crippen LogP contribution >= 0.6 is 0 Å². The summed E-state index contributed by atoms with van der Waals surface area (Å²) in [7, 11) is 1.64. The summed E-state index contributed by atoms with van der Waals surface area (Å²) in [6.45, 7) is 0. The van der Waals surface area contributed by atoms with Gasteiger partial charge in [0.25, 0.3) is 0 Å². The van der Waals surface area contributed by atoms with Crippen molar-refractivity contribution < 1.29 is 9.84 Å². The van der Waals surface area contributed by atoms with E-state index in [1.165, 1.54) is 0 Å². The second-order valence-electron chi connectivity index (χ2n) is 3.95. The number of rotatable bonds is 2. The Hall–Kier alpha value is -1.06. The highest BCUT2D eigenvalue weighted by molar-refractivity contribution is 5.33.